The lowest BCUT2D eigenvalue weighted by molar-refractivity contribution is -0.125. The molecule has 3 heterocycles. The van der Waals surface area contributed by atoms with Gasteiger partial charge in [0.1, 0.15) is 5.82 Å². The second-order valence-corrected chi connectivity index (χ2v) is 6.71. The van der Waals surface area contributed by atoms with Crippen LogP contribution in [0.15, 0.2) is 48.8 Å². The van der Waals surface area contributed by atoms with Crippen molar-refractivity contribution in [1.82, 2.24) is 14.9 Å². The Balaban J connectivity index is 1.45. The molecular formula is C21H20N4O2. The van der Waals surface area contributed by atoms with Crippen LogP contribution in [0.1, 0.15) is 23.1 Å². The molecule has 0 fully saturated rings. The average molecular weight is 360 g/mol. The van der Waals surface area contributed by atoms with Crippen molar-refractivity contribution in [3.8, 4) is 0 Å². The first-order chi connectivity index (χ1) is 13.1. The van der Waals surface area contributed by atoms with Gasteiger partial charge in [0.05, 0.1) is 0 Å². The quantitative estimate of drug-likeness (QED) is 0.702. The Labute approximate surface area is 156 Å². The van der Waals surface area contributed by atoms with Crippen LogP contribution < -0.4 is 5.32 Å². The van der Waals surface area contributed by atoms with Crippen LogP contribution >= 0.6 is 0 Å². The monoisotopic (exact) mass is 360 g/mol. The van der Waals surface area contributed by atoms with E-state index in [4.69, 9.17) is 0 Å². The molecule has 1 aliphatic heterocycles. The number of fused-ring (bicyclic) bond motifs is 2. The number of anilines is 1. The predicted molar refractivity (Wildman–Crippen MR) is 105 cm³/mol. The van der Waals surface area contributed by atoms with Gasteiger partial charge < -0.3 is 15.2 Å². The second kappa shape index (κ2) is 7.07. The zero-order valence-corrected chi connectivity index (χ0v) is 15.0. The van der Waals surface area contributed by atoms with Gasteiger partial charge in [0.2, 0.25) is 11.8 Å². The van der Waals surface area contributed by atoms with Gasteiger partial charge >= 0.3 is 0 Å². The van der Waals surface area contributed by atoms with E-state index in [0.717, 1.165) is 27.6 Å². The fourth-order valence-electron chi connectivity index (χ4n) is 3.28. The number of aromatic amines is 1. The summed E-state index contributed by atoms with van der Waals surface area (Å²) in [6, 6.07) is 10.0. The van der Waals surface area contributed by atoms with E-state index in [-0.39, 0.29) is 11.8 Å². The maximum Gasteiger partial charge on any atom is 0.246 e. The van der Waals surface area contributed by atoms with Gasteiger partial charge in [-0.15, -0.1) is 0 Å². The Morgan fingerprint density at radius 1 is 1.30 bits per heavy atom. The van der Waals surface area contributed by atoms with Gasteiger partial charge in [-0.05, 0) is 47.4 Å². The molecule has 136 valence electrons. The number of hydrogen-bond donors (Lipinski definition) is 2. The van der Waals surface area contributed by atoms with Gasteiger partial charge in [-0.1, -0.05) is 12.1 Å². The molecule has 2 aromatic heterocycles. The van der Waals surface area contributed by atoms with Crippen molar-refractivity contribution in [3.63, 3.8) is 0 Å². The molecule has 0 saturated heterocycles. The molecule has 0 spiro atoms. The van der Waals surface area contributed by atoms with E-state index in [1.807, 2.05) is 36.5 Å². The van der Waals surface area contributed by atoms with E-state index < -0.39 is 0 Å². The standard InChI is InChI=1S/C21H20N4O2/c1-25(13-16-3-2-4-18-17(16)9-10-22-18)20(27)8-5-14-11-15-6-7-19(26)24-21(15)23-12-14/h2-5,8-12,22H,6-7,13H2,1H3,(H,23,24,26). The maximum atomic E-state index is 12.5. The number of carbonyl (C=O) groups is 2. The highest BCUT2D eigenvalue weighted by molar-refractivity contribution is 5.94. The van der Waals surface area contributed by atoms with Crippen molar-refractivity contribution < 1.29 is 9.59 Å². The normalized spacial score (nSPS) is 13.6. The number of benzene rings is 1. The third kappa shape index (κ3) is 3.60. The number of rotatable bonds is 4. The molecule has 0 radical (unpaired) electrons. The second-order valence-electron chi connectivity index (χ2n) is 6.71. The van der Waals surface area contributed by atoms with Crippen LogP contribution in [0.2, 0.25) is 0 Å². The minimum absolute atomic E-state index is 0.00691. The molecule has 4 rings (SSSR count). The predicted octanol–water partition coefficient (Wildman–Crippen LogP) is 3.12. The maximum absolute atomic E-state index is 12.5. The molecule has 2 N–H and O–H groups in total. The SMILES string of the molecule is CN(Cc1cccc2[nH]ccc12)C(=O)C=Cc1cnc2c(c1)CCC(=O)N2. The van der Waals surface area contributed by atoms with Gasteiger partial charge in [0.15, 0.2) is 0 Å². The lowest BCUT2D eigenvalue weighted by Gasteiger charge is -2.16. The largest absolute Gasteiger partial charge is 0.361 e. The third-order valence-electron chi connectivity index (χ3n) is 4.75. The van der Waals surface area contributed by atoms with Gasteiger partial charge in [-0.2, -0.15) is 0 Å². The lowest BCUT2D eigenvalue weighted by atomic mass is 10.0. The number of aryl methyl sites for hydroxylation is 1. The number of carbonyl (C=O) groups excluding carboxylic acids is 2. The van der Waals surface area contributed by atoms with E-state index in [1.54, 1.807) is 30.3 Å². The Bertz CT molecular complexity index is 1050. The summed E-state index contributed by atoms with van der Waals surface area (Å²) in [7, 11) is 1.79. The molecule has 0 aliphatic carbocycles. The topological polar surface area (TPSA) is 78.1 Å². The number of nitrogens with one attached hydrogen (secondary N) is 2. The highest BCUT2D eigenvalue weighted by atomic mass is 16.2. The summed E-state index contributed by atoms with van der Waals surface area (Å²) < 4.78 is 0. The summed E-state index contributed by atoms with van der Waals surface area (Å²) in [4.78, 5) is 33.0. The van der Waals surface area contributed by atoms with E-state index in [1.165, 1.54) is 0 Å². The number of amides is 2. The van der Waals surface area contributed by atoms with Gasteiger partial charge in [0, 0.05) is 49.4 Å². The molecule has 1 aromatic carbocycles. The van der Waals surface area contributed by atoms with Crippen LogP contribution in [0.5, 0.6) is 0 Å². The Morgan fingerprint density at radius 3 is 3.07 bits per heavy atom. The first kappa shape index (κ1) is 17.0. The van der Waals surface area contributed by atoms with E-state index in [0.29, 0.717) is 25.2 Å². The summed E-state index contributed by atoms with van der Waals surface area (Å²) in [5, 5.41) is 3.88. The molecule has 0 bridgehead atoms. The third-order valence-corrected chi connectivity index (χ3v) is 4.75. The summed E-state index contributed by atoms with van der Waals surface area (Å²) in [5.74, 6) is 0.535. The Kier molecular flexibility index (Phi) is 4.46. The number of pyridine rings is 1. The summed E-state index contributed by atoms with van der Waals surface area (Å²) >= 11 is 0. The number of likely N-dealkylation sites (N-methyl/N-ethyl adjacent to an activating group) is 1. The number of nitrogens with zero attached hydrogens (tertiary/aromatic N) is 2. The Hall–Kier alpha value is -3.41. The zero-order valence-electron chi connectivity index (χ0n) is 15.0. The molecule has 0 unspecified atom stereocenters. The van der Waals surface area contributed by atoms with Crippen LogP contribution in [0.25, 0.3) is 17.0 Å². The molecule has 0 atom stereocenters. The van der Waals surface area contributed by atoms with Crippen molar-refractivity contribution in [2.75, 3.05) is 12.4 Å². The van der Waals surface area contributed by atoms with E-state index >= 15 is 0 Å². The summed E-state index contributed by atoms with van der Waals surface area (Å²) in [6.45, 7) is 0.535. The molecule has 6 nitrogen and oxygen atoms in total. The van der Waals surface area contributed by atoms with Crippen LogP contribution in [0.3, 0.4) is 0 Å². The number of H-pyrrole nitrogens is 1. The zero-order chi connectivity index (χ0) is 18.8. The minimum atomic E-state index is -0.0754. The fraction of sp³-hybridized carbons (Fsp3) is 0.190. The molecule has 27 heavy (non-hydrogen) atoms. The molecule has 0 saturated carbocycles. The first-order valence-corrected chi connectivity index (χ1v) is 8.87. The van der Waals surface area contributed by atoms with Crippen molar-refractivity contribution in [1.29, 1.82) is 0 Å². The van der Waals surface area contributed by atoms with E-state index in [2.05, 4.69) is 15.3 Å². The first-order valence-electron chi connectivity index (χ1n) is 8.87. The van der Waals surface area contributed by atoms with E-state index in [9.17, 15) is 9.59 Å². The lowest BCUT2D eigenvalue weighted by Crippen LogP contribution is -2.24. The van der Waals surface area contributed by atoms with Crippen molar-refractivity contribution >= 4 is 34.6 Å². The van der Waals surface area contributed by atoms with Gasteiger partial charge in [-0.3, -0.25) is 9.59 Å². The summed E-state index contributed by atoms with van der Waals surface area (Å²) in [6.07, 6.45) is 8.02. The van der Waals surface area contributed by atoms with Crippen molar-refractivity contribution in [3.05, 3.63) is 65.5 Å². The molecule has 3 aromatic rings. The smallest absolute Gasteiger partial charge is 0.246 e. The average Bonchev–Trinajstić information content (AvgIpc) is 3.16. The molecule has 6 heteroatoms. The minimum Gasteiger partial charge on any atom is -0.361 e. The van der Waals surface area contributed by atoms with Crippen molar-refractivity contribution in [2.45, 2.75) is 19.4 Å². The number of aromatic nitrogens is 2. The van der Waals surface area contributed by atoms with Crippen molar-refractivity contribution in [2.24, 2.45) is 0 Å². The molecule has 2 amide bonds. The Morgan fingerprint density at radius 2 is 2.19 bits per heavy atom. The van der Waals surface area contributed by atoms with Crippen LogP contribution in [-0.2, 0) is 22.6 Å². The highest BCUT2D eigenvalue weighted by Crippen LogP contribution is 2.22. The molecule has 1 aliphatic rings. The van der Waals surface area contributed by atoms with Gasteiger partial charge in [-0.25, -0.2) is 4.98 Å². The van der Waals surface area contributed by atoms with Crippen LogP contribution in [0.4, 0.5) is 5.82 Å². The molecular weight excluding hydrogens is 340 g/mol. The fourth-order valence-corrected chi connectivity index (χ4v) is 3.28. The number of hydrogen-bond acceptors (Lipinski definition) is 3. The van der Waals surface area contributed by atoms with Crippen LogP contribution in [0, 0.1) is 0 Å². The highest BCUT2D eigenvalue weighted by Gasteiger charge is 2.15. The van der Waals surface area contributed by atoms with Crippen LogP contribution in [-0.4, -0.2) is 33.7 Å². The summed E-state index contributed by atoms with van der Waals surface area (Å²) in [5.41, 5.74) is 4.01. The van der Waals surface area contributed by atoms with Gasteiger partial charge in [0.25, 0.3) is 0 Å².